The van der Waals surface area contributed by atoms with Gasteiger partial charge in [0.25, 0.3) is 5.69 Å². The maximum absolute atomic E-state index is 12.1. The molecule has 0 spiro atoms. The standard InChI is InChI=1S/C14H16N2O3/c1-11-5-6-13(16(18)19)9-12(11)10-14(17)15-7-3-2-4-8-15/h2-3,5-6,9H,4,7-8,10H2,1H3. The molecule has 0 fully saturated rings. The van der Waals surface area contributed by atoms with Gasteiger partial charge in [-0.15, -0.1) is 0 Å². The van der Waals surface area contributed by atoms with Gasteiger partial charge in [0.05, 0.1) is 11.3 Å². The number of non-ortho nitro benzene ring substituents is 1. The predicted octanol–water partition coefficient (Wildman–Crippen LogP) is 2.23. The van der Waals surface area contributed by atoms with Gasteiger partial charge in [0.2, 0.25) is 5.91 Å². The third-order valence-electron chi connectivity index (χ3n) is 3.30. The topological polar surface area (TPSA) is 63.5 Å². The second kappa shape index (κ2) is 5.65. The first-order valence-electron chi connectivity index (χ1n) is 6.24. The Morgan fingerprint density at radius 2 is 2.21 bits per heavy atom. The monoisotopic (exact) mass is 260 g/mol. The van der Waals surface area contributed by atoms with Crippen molar-refractivity contribution in [3.63, 3.8) is 0 Å². The SMILES string of the molecule is Cc1ccc([N+](=O)[O-])cc1CC(=O)N1CC=CCC1. The zero-order chi connectivity index (χ0) is 13.8. The molecule has 1 aliphatic heterocycles. The van der Waals surface area contributed by atoms with Crippen molar-refractivity contribution in [1.29, 1.82) is 0 Å². The summed E-state index contributed by atoms with van der Waals surface area (Å²) in [6.45, 7) is 3.22. The molecule has 0 unspecified atom stereocenters. The molecule has 19 heavy (non-hydrogen) atoms. The number of nitro benzene ring substituents is 1. The predicted molar refractivity (Wildman–Crippen MR) is 71.9 cm³/mol. The summed E-state index contributed by atoms with van der Waals surface area (Å²) in [5, 5.41) is 10.8. The molecule has 2 rings (SSSR count). The average Bonchev–Trinajstić information content (AvgIpc) is 2.42. The van der Waals surface area contributed by atoms with Crippen LogP contribution in [0.1, 0.15) is 17.5 Å². The number of amides is 1. The van der Waals surface area contributed by atoms with Crippen molar-refractivity contribution in [3.05, 3.63) is 51.6 Å². The van der Waals surface area contributed by atoms with Crippen LogP contribution in [0.3, 0.4) is 0 Å². The minimum Gasteiger partial charge on any atom is -0.338 e. The molecule has 1 amide bonds. The molecule has 0 bridgehead atoms. The molecule has 1 aromatic rings. The van der Waals surface area contributed by atoms with Gasteiger partial charge in [0.1, 0.15) is 0 Å². The highest BCUT2D eigenvalue weighted by Gasteiger charge is 2.17. The van der Waals surface area contributed by atoms with E-state index in [1.807, 2.05) is 13.0 Å². The lowest BCUT2D eigenvalue weighted by Gasteiger charge is -2.23. The van der Waals surface area contributed by atoms with E-state index in [-0.39, 0.29) is 18.0 Å². The molecule has 0 aliphatic carbocycles. The Balaban J connectivity index is 2.13. The van der Waals surface area contributed by atoms with Crippen LogP contribution in [0.15, 0.2) is 30.4 Å². The Hall–Kier alpha value is -2.17. The van der Waals surface area contributed by atoms with Crippen molar-refractivity contribution in [3.8, 4) is 0 Å². The van der Waals surface area contributed by atoms with Crippen LogP contribution in [0.2, 0.25) is 0 Å². The minimum absolute atomic E-state index is 0.0212. The summed E-state index contributed by atoms with van der Waals surface area (Å²) in [5.74, 6) is 0.0212. The Kier molecular flexibility index (Phi) is 3.94. The van der Waals surface area contributed by atoms with Gasteiger partial charge in [0, 0.05) is 25.2 Å². The number of nitro groups is 1. The number of benzene rings is 1. The molecule has 1 heterocycles. The van der Waals surface area contributed by atoms with Crippen molar-refractivity contribution in [2.45, 2.75) is 19.8 Å². The molecule has 0 atom stereocenters. The van der Waals surface area contributed by atoms with E-state index in [1.54, 1.807) is 11.0 Å². The smallest absolute Gasteiger partial charge is 0.269 e. The molecule has 0 radical (unpaired) electrons. The van der Waals surface area contributed by atoms with Crippen LogP contribution in [0, 0.1) is 17.0 Å². The summed E-state index contributed by atoms with van der Waals surface area (Å²) >= 11 is 0. The molecule has 0 saturated carbocycles. The fourth-order valence-electron chi connectivity index (χ4n) is 2.10. The molecule has 0 aromatic heterocycles. The van der Waals surface area contributed by atoms with Crippen LogP contribution in [0.4, 0.5) is 5.69 Å². The van der Waals surface area contributed by atoms with Gasteiger partial charge >= 0.3 is 0 Å². The molecule has 0 saturated heterocycles. The van der Waals surface area contributed by atoms with Crippen LogP contribution >= 0.6 is 0 Å². The number of aryl methyl sites for hydroxylation is 1. The Morgan fingerprint density at radius 3 is 2.84 bits per heavy atom. The average molecular weight is 260 g/mol. The molecule has 1 aliphatic rings. The summed E-state index contributed by atoms with van der Waals surface area (Å²) < 4.78 is 0. The summed E-state index contributed by atoms with van der Waals surface area (Å²) in [4.78, 5) is 24.2. The first-order chi connectivity index (χ1) is 9.08. The van der Waals surface area contributed by atoms with Crippen LogP contribution in [0.5, 0.6) is 0 Å². The number of hydrogen-bond donors (Lipinski definition) is 0. The van der Waals surface area contributed by atoms with Gasteiger partial charge in [-0.05, 0) is 24.5 Å². The molecule has 100 valence electrons. The largest absolute Gasteiger partial charge is 0.338 e. The maximum Gasteiger partial charge on any atom is 0.269 e. The van der Waals surface area contributed by atoms with Gasteiger partial charge in [-0.1, -0.05) is 18.2 Å². The van der Waals surface area contributed by atoms with Gasteiger partial charge < -0.3 is 4.90 Å². The number of hydrogen-bond acceptors (Lipinski definition) is 3. The molecular weight excluding hydrogens is 244 g/mol. The van der Waals surface area contributed by atoms with E-state index in [9.17, 15) is 14.9 Å². The minimum atomic E-state index is -0.433. The van der Waals surface area contributed by atoms with Crippen LogP contribution < -0.4 is 0 Å². The Morgan fingerprint density at radius 1 is 1.42 bits per heavy atom. The van der Waals surface area contributed by atoms with E-state index < -0.39 is 4.92 Å². The zero-order valence-corrected chi connectivity index (χ0v) is 10.8. The Bertz CT molecular complexity index is 537. The quantitative estimate of drug-likeness (QED) is 0.475. The number of carbonyl (C=O) groups excluding carboxylic acids is 1. The van der Waals surface area contributed by atoms with Gasteiger partial charge in [-0.2, -0.15) is 0 Å². The molecule has 1 aromatic carbocycles. The van der Waals surface area contributed by atoms with E-state index in [0.29, 0.717) is 6.54 Å². The maximum atomic E-state index is 12.1. The second-order valence-corrected chi connectivity index (χ2v) is 4.64. The van der Waals surface area contributed by atoms with Gasteiger partial charge in [0.15, 0.2) is 0 Å². The molecule has 5 nitrogen and oxygen atoms in total. The van der Waals surface area contributed by atoms with E-state index in [4.69, 9.17) is 0 Å². The number of rotatable bonds is 3. The van der Waals surface area contributed by atoms with Crippen molar-refractivity contribution in [2.75, 3.05) is 13.1 Å². The highest BCUT2D eigenvalue weighted by molar-refractivity contribution is 5.79. The van der Waals surface area contributed by atoms with Gasteiger partial charge in [-0.25, -0.2) is 0 Å². The van der Waals surface area contributed by atoms with E-state index in [0.717, 1.165) is 24.1 Å². The summed E-state index contributed by atoms with van der Waals surface area (Å²) in [5.41, 5.74) is 1.67. The van der Waals surface area contributed by atoms with E-state index >= 15 is 0 Å². The third kappa shape index (κ3) is 3.19. The first kappa shape index (κ1) is 13.3. The lowest BCUT2D eigenvalue weighted by Crippen LogP contribution is -2.35. The lowest BCUT2D eigenvalue weighted by atomic mass is 10.0. The number of carbonyl (C=O) groups is 1. The summed E-state index contributed by atoms with van der Waals surface area (Å²) in [7, 11) is 0. The van der Waals surface area contributed by atoms with Crippen LogP contribution in [0.25, 0.3) is 0 Å². The van der Waals surface area contributed by atoms with E-state index in [2.05, 4.69) is 6.08 Å². The van der Waals surface area contributed by atoms with Crippen molar-refractivity contribution >= 4 is 11.6 Å². The van der Waals surface area contributed by atoms with Crippen molar-refractivity contribution in [2.24, 2.45) is 0 Å². The summed E-state index contributed by atoms with van der Waals surface area (Å²) in [6, 6.07) is 4.65. The normalized spacial score (nSPS) is 14.5. The van der Waals surface area contributed by atoms with Crippen molar-refractivity contribution < 1.29 is 9.72 Å². The molecule has 0 N–H and O–H groups in total. The van der Waals surface area contributed by atoms with E-state index in [1.165, 1.54) is 12.1 Å². The van der Waals surface area contributed by atoms with Crippen molar-refractivity contribution in [1.82, 2.24) is 4.90 Å². The number of nitrogens with zero attached hydrogens (tertiary/aromatic N) is 2. The fourth-order valence-corrected chi connectivity index (χ4v) is 2.10. The fraction of sp³-hybridized carbons (Fsp3) is 0.357. The van der Waals surface area contributed by atoms with Crippen LogP contribution in [-0.4, -0.2) is 28.8 Å². The first-order valence-corrected chi connectivity index (χ1v) is 6.24. The highest BCUT2D eigenvalue weighted by Crippen LogP contribution is 2.18. The third-order valence-corrected chi connectivity index (χ3v) is 3.30. The second-order valence-electron chi connectivity index (χ2n) is 4.64. The lowest BCUT2D eigenvalue weighted by molar-refractivity contribution is -0.384. The van der Waals surface area contributed by atoms with Gasteiger partial charge in [-0.3, -0.25) is 14.9 Å². The Labute approximate surface area is 111 Å². The molecular formula is C14H16N2O3. The zero-order valence-electron chi connectivity index (χ0n) is 10.8. The highest BCUT2D eigenvalue weighted by atomic mass is 16.6. The summed E-state index contributed by atoms with van der Waals surface area (Å²) in [6.07, 6.45) is 5.13. The molecule has 5 heteroatoms. The van der Waals surface area contributed by atoms with Crippen LogP contribution in [-0.2, 0) is 11.2 Å².